The van der Waals surface area contributed by atoms with Crippen molar-refractivity contribution >= 4 is 11.9 Å². The Labute approximate surface area is 343 Å². The fourth-order valence-corrected chi connectivity index (χ4v) is 8.12. The van der Waals surface area contributed by atoms with Crippen LogP contribution in [0.15, 0.2) is 0 Å². The van der Waals surface area contributed by atoms with Crippen molar-refractivity contribution in [3.8, 4) is 0 Å². The first kappa shape index (κ1) is 53.9. The number of ether oxygens (including phenoxy) is 2. The second kappa shape index (κ2) is 42.5. The molecule has 2 unspecified atom stereocenters. The van der Waals surface area contributed by atoms with Crippen molar-refractivity contribution in [2.45, 2.75) is 246 Å². The van der Waals surface area contributed by atoms with Crippen LogP contribution in [-0.2, 0) is 19.1 Å². The van der Waals surface area contributed by atoms with E-state index in [1.165, 1.54) is 154 Å². The van der Waals surface area contributed by atoms with E-state index in [0.717, 1.165) is 57.9 Å². The molecule has 328 valence electrons. The van der Waals surface area contributed by atoms with Crippen LogP contribution in [-0.4, -0.2) is 61.9 Å². The number of aliphatic hydroxyl groups excluding tert-OH is 1. The van der Waals surface area contributed by atoms with Gasteiger partial charge in [0.05, 0.1) is 19.8 Å². The van der Waals surface area contributed by atoms with Gasteiger partial charge >= 0.3 is 11.9 Å². The van der Waals surface area contributed by atoms with Crippen molar-refractivity contribution in [2.24, 2.45) is 17.8 Å². The molecule has 0 amide bonds. The number of carbonyl (C=O) groups is 2. The van der Waals surface area contributed by atoms with Gasteiger partial charge < -0.3 is 19.5 Å². The van der Waals surface area contributed by atoms with Crippen molar-refractivity contribution in [2.75, 3.05) is 40.0 Å². The fraction of sp³-hybridized carbons (Fsp3) is 0.959. The molecule has 0 radical (unpaired) electrons. The lowest BCUT2D eigenvalue weighted by atomic mass is 9.94. The minimum absolute atomic E-state index is 0.0143. The van der Waals surface area contributed by atoms with Gasteiger partial charge in [-0.1, -0.05) is 182 Å². The van der Waals surface area contributed by atoms with Crippen LogP contribution >= 0.6 is 0 Å². The molecule has 0 aliphatic heterocycles. The summed E-state index contributed by atoms with van der Waals surface area (Å²) in [5, 5.41) is 9.47. The standard InChI is InChI=1S/C49H97NO5/c1-6-10-14-18-20-26-36-46(34-24-16-12-8-3)43-54-48(52)38-30-22-28-32-45(42-50(5)40-41-51)33-29-23-31-39-49(53)55-44-47(35-25-17-13-9-4)37-27-21-19-15-11-7-2/h45-47,51H,6-44H2,1-5H3. The zero-order chi connectivity index (χ0) is 40.5. The topological polar surface area (TPSA) is 76.1 Å². The first-order valence-electron chi connectivity index (χ1n) is 24.5. The number of rotatable bonds is 44. The first-order valence-corrected chi connectivity index (χ1v) is 24.5. The average Bonchev–Trinajstić information content (AvgIpc) is 3.17. The highest BCUT2D eigenvalue weighted by Crippen LogP contribution is 2.23. The van der Waals surface area contributed by atoms with Crippen LogP contribution in [0.1, 0.15) is 246 Å². The molecule has 0 saturated heterocycles. The average molecular weight is 780 g/mol. The van der Waals surface area contributed by atoms with E-state index < -0.39 is 0 Å². The molecule has 0 fully saturated rings. The van der Waals surface area contributed by atoms with Crippen LogP contribution in [0.2, 0.25) is 0 Å². The Bertz CT molecular complexity index is 748. The number of carbonyl (C=O) groups excluding carboxylic acids is 2. The Morgan fingerprint density at radius 2 is 0.727 bits per heavy atom. The summed E-state index contributed by atoms with van der Waals surface area (Å²) in [6, 6.07) is 0. The summed E-state index contributed by atoms with van der Waals surface area (Å²) >= 11 is 0. The number of esters is 2. The first-order chi connectivity index (χ1) is 26.9. The number of hydrogen-bond donors (Lipinski definition) is 1. The SMILES string of the molecule is CCCCCCCCC(CCCCCC)COC(=O)CCCCCC(CCCCCC(=O)OCC(CCCCCC)CCCCCCCC)CN(C)CCO. The highest BCUT2D eigenvalue weighted by molar-refractivity contribution is 5.69. The zero-order valence-electron chi connectivity index (χ0n) is 37.8. The van der Waals surface area contributed by atoms with Gasteiger partial charge in [-0.3, -0.25) is 9.59 Å². The fourth-order valence-electron chi connectivity index (χ4n) is 8.12. The molecule has 0 rings (SSSR count). The lowest BCUT2D eigenvalue weighted by molar-refractivity contribution is -0.146. The van der Waals surface area contributed by atoms with E-state index >= 15 is 0 Å². The van der Waals surface area contributed by atoms with Gasteiger partial charge in [0.15, 0.2) is 0 Å². The van der Waals surface area contributed by atoms with Crippen LogP contribution in [0.5, 0.6) is 0 Å². The predicted molar refractivity (Wildman–Crippen MR) is 237 cm³/mol. The van der Waals surface area contributed by atoms with E-state index in [4.69, 9.17) is 9.47 Å². The second-order valence-electron chi connectivity index (χ2n) is 17.5. The molecule has 2 atom stereocenters. The van der Waals surface area contributed by atoms with Gasteiger partial charge in [0, 0.05) is 25.9 Å². The maximum absolute atomic E-state index is 12.7. The van der Waals surface area contributed by atoms with Gasteiger partial charge in [0.1, 0.15) is 0 Å². The van der Waals surface area contributed by atoms with Crippen LogP contribution in [0, 0.1) is 17.8 Å². The Morgan fingerprint density at radius 3 is 1.07 bits per heavy atom. The van der Waals surface area contributed by atoms with Crippen molar-refractivity contribution in [3.63, 3.8) is 0 Å². The molecule has 0 saturated carbocycles. The van der Waals surface area contributed by atoms with Crippen LogP contribution in [0.4, 0.5) is 0 Å². The molecule has 6 heteroatoms. The molecule has 0 spiro atoms. The number of aliphatic hydroxyl groups is 1. The lowest BCUT2D eigenvalue weighted by Gasteiger charge is -2.23. The molecule has 0 bridgehead atoms. The number of hydrogen-bond acceptors (Lipinski definition) is 6. The third kappa shape index (κ3) is 38.2. The molecular weight excluding hydrogens is 683 g/mol. The van der Waals surface area contributed by atoms with Crippen LogP contribution < -0.4 is 0 Å². The van der Waals surface area contributed by atoms with Gasteiger partial charge in [-0.05, 0) is 76.2 Å². The van der Waals surface area contributed by atoms with Gasteiger partial charge in [0.25, 0.3) is 0 Å². The smallest absolute Gasteiger partial charge is 0.305 e. The van der Waals surface area contributed by atoms with E-state index in [-0.39, 0.29) is 18.5 Å². The molecule has 0 aromatic rings. The van der Waals surface area contributed by atoms with E-state index in [1.807, 2.05) is 0 Å². The zero-order valence-corrected chi connectivity index (χ0v) is 37.8. The Morgan fingerprint density at radius 1 is 0.436 bits per heavy atom. The van der Waals surface area contributed by atoms with Crippen LogP contribution in [0.25, 0.3) is 0 Å². The maximum atomic E-state index is 12.7. The summed E-state index contributed by atoms with van der Waals surface area (Å²) in [4.78, 5) is 27.6. The molecule has 0 aliphatic carbocycles. The van der Waals surface area contributed by atoms with Gasteiger partial charge in [-0.2, -0.15) is 0 Å². The maximum Gasteiger partial charge on any atom is 0.305 e. The third-order valence-electron chi connectivity index (χ3n) is 11.9. The normalized spacial score (nSPS) is 13.3. The van der Waals surface area contributed by atoms with Gasteiger partial charge in [-0.25, -0.2) is 0 Å². The van der Waals surface area contributed by atoms with Crippen molar-refractivity contribution in [1.29, 1.82) is 0 Å². The van der Waals surface area contributed by atoms with Crippen LogP contribution in [0.3, 0.4) is 0 Å². The molecule has 0 aromatic carbocycles. The number of likely N-dealkylation sites (N-methyl/N-ethyl adjacent to an activating group) is 1. The molecule has 0 aliphatic rings. The lowest BCUT2D eigenvalue weighted by Crippen LogP contribution is -2.28. The van der Waals surface area contributed by atoms with Crippen molar-refractivity contribution in [3.05, 3.63) is 0 Å². The van der Waals surface area contributed by atoms with Gasteiger partial charge in [0.2, 0.25) is 0 Å². The predicted octanol–water partition coefficient (Wildman–Crippen LogP) is 14.2. The largest absolute Gasteiger partial charge is 0.465 e. The Kier molecular flexibility index (Phi) is 41.6. The minimum atomic E-state index is -0.0143. The summed E-state index contributed by atoms with van der Waals surface area (Å²) in [6.45, 7) is 12.1. The van der Waals surface area contributed by atoms with E-state index in [1.54, 1.807) is 0 Å². The number of nitrogens with zero attached hydrogens (tertiary/aromatic N) is 1. The summed E-state index contributed by atoms with van der Waals surface area (Å²) in [5.41, 5.74) is 0. The quantitative estimate of drug-likeness (QED) is 0.0490. The summed E-state index contributed by atoms with van der Waals surface area (Å²) in [5.74, 6) is 1.58. The molecule has 1 N–H and O–H groups in total. The molecule has 0 heterocycles. The van der Waals surface area contributed by atoms with E-state index in [9.17, 15) is 14.7 Å². The van der Waals surface area contributed by atoms with Crippen molar-refractivity contribution in [1.82, 2.24) is 4.90 Å². The van der Waals surface area contributed by atoms with Crippen molar-refractivity contribution < 1.29 is 24.2 Å². The second-order valence-corrected chi connectivity index (χ2v) is 17.5. The summed E-state index contributed by atoms with van der Waals surface area (Å²) in [6.07, 6.45) is 40.3. The highest BCUT2D eigenvalue weighted by atomic mass is 16.5. The molecule has 55 heavy (non-hydrogen) atoms. The summed E-state index contributed by atoms with van der Waals surface area (Å²) < 4.78 is 11.7. The summed E-state index contributed by atoms with van der Waals surface area (Å²) in [7, 11) is 2.10. The highest BCUT2D eigenvalue weighted by Gasteiger charge is 2.16. The third-order valence-corrected chi connectivity index (χ3v) is 11.9. The Balaban J connectivity index is 4.49. The minimum Gasteiger partial charge on any atom is -0.465 e. The Hall–Kier alpha value is -1.14. The van der Waals surface area contributed by atoms with Gasteiger partial charge in [-0.15, -0.1) is 0 Å². The van der Waals surface area contributed by atoms with E-state index in [2.05, 4.69) is 39.6 Å². The number of unbranched alkanes of at least 4 members (excludes halogenated alkanes) is 20. The molecule has 6 nitrogen and oxygen atoms in total. The molecular formula is C49H97NO5. The molecule has 0 aromatic heterocycles. The van der Waals surface area contributed by atoms with E-state index in [0.29, 0.717) is 50.4 Å². The monoisotopic (exact) mass is 780 g/mol.